The molecule has 0 spiro atoms. The van der Waals surface area contributed by atoms with Crippen molar-refractivity contribution in [2.75, 3.05) is 24.3 Å². The lowest BCUT2D eigenvalue weighted by Crippen LogP contribution is -2.10. The normalized spacial score (nSPS) is 11.3. The summed E-state index contributed by atoms with van der Waals surface area (Å²) < 4.78 is 1.82. The summed E-state index contributed by atoms with van der Waals surface area (Å²) in [6, 6.07) is 11.9. The Morgan fingerprint density at radius 3 is 2.57 bits per heavy atom. The summed E-state index contributed by atoms with van der Waals surface area (Å²) in [5.74, 6) is 2.59. The number of hydrogen-bond donors (Lipinski definition) is 1. The fourth-order valence-corrected chi connectivity index (χ4v) is 3.84. The summed E-state index contributed by atoms with van der Waals surface area (Å²) in [7, 11) is 5.86. The number of nitrogens with zero attached hydrogens (tertiary/aromatic N) is 8. The van der Waals surface area contributed by atoms with E-state index in [0.29, 0.717) is 17.6 Å². The number of anilines is 3. The lowest BCUT2D eigenvalue weighted by atomic mass is 10.0. The highest BCUT2D eigenvalue weighted by Crippen LogP contribution is 2.33. The minimum Gasteiger partial charge on any atom is -0.363 e. The first-order chi connectivity index (χ1) is 16.9. The Kier molecular flexibility index (Phi) is 5.82. The zero-order valence-electron chi connectivity index (χ0n) is 20.4. The van der Waals surface area contributed by atoms with Gasteiger partial charge in [0.2, 0.25) is 0 Å². The highest BCUT2D eigenvalue weighted by atomic mass is 15.3. The van der Waals surface area contributed by atoms with Crippen LogP contribution >= 0.6 is 0 Å². The summed E-state index contributed by atoms with van der Waals surface area (Å²) in [6.45, 7) is 4.25. The molecule has 0 aliphatic heterocycles. The van der Waals surface area contributed by atoms with Gasteiger partial charge in [-0.2, -0.15) is 10.2 Å². The Balaban J connectivity index is 1.52. The van der Waals surface area contributed by atoms with Crippen molar-refractivity contribution in [3.8, 4) is 22.4 Å². The maximum atomic E-state index is 4.79. The Morgan fingerprint density at radius 2 is 1.77 bits per heavy atom. The van der Waals surface area contributed by atoms with Crippen LogP contribution in [0.1, 0.15) is 25.3 Å². The standard InChI is InChI=1S/C26H27N9/c1-16(2)18-11-24(32-29-14-18)31-23-7-6-21-22(30-23)10-19(13-28-21)20-15-35(5)33-26(20)17-8-9-27-25(12-17)34(3)4/h6-16H,1-5H3,(H,30,31,32). The molecule has 0 amide bonds. The minimum absolute atomic E-state index is 0.366. The molecule has 0 saturated heterocycles. The Labute approximate surface area is 203 Å². The van der Waals surface area contributed by atoms with Gasteiger partial charge in [0.15, 0.2) is 5.82 Å². The van der Waals surface area contributed by atoms with Gasteiger partial charge >= 0.3 is 0 Å². The zero-order chi connectivity index (χ0) is 24.5. The molecule has 35 heavy (non-hydrogen) atoms. The third-order valence-corrected chi connectivity index (χ3v) is 5.75. The van der Waals surface area contributed by atoms with Gasteiger partial charge in [-0.05, 0) is 47.9 Å². The molecular weight excluding hydrogens is 438 g/mol. The number of rotatable bonds is 6. The molecular formula is C26H27N9. The smallest absolute Gasteiger partial charge is 0.154 e. The van der Waals surface area contributed by atoms with Crippen LogP contribution in [0.15, 0.2) is 61.2 Å². The fourth-order valence-electron chi connectivity index (χ4n) is 3.84. The van der Waals surface area contributed by atoms with Crippen molar-refractivity contribution in [2.24, 2.45) is 7.05 Å². The van der Waals surface area contributed by atoms with E-state index in [-0.39, 0.29) is 0 Å². The van der Waals surface area contributed by atoms with E-state index in [0.717, 1.165) is 44.8 Å². The third-order valence-electron chi connectivity index (χ3n) is 5.75. The highest BCUT2D eigenvalue weighted by Gasteiger charge is 2.15. The molecule has 9 nitrogen and oxygen atoms in total. The minimum atomic E-state index is 0.366. The molecule has 0 aliphatic carbocycles. The van der Waals surface area contributed by atoms with Crippen LogP contribution in [0.2, 0.25) is 0 Å². The molecule has 5 aromatic heterocycles. The van der Waals surface area contributed by atoms with Gasteiger partial charge in [-0.1, -0.05) is 13.8 Å². The van der Waals surface area contributed by atoms with Gasteiger partial charge in [0, 0.05) is 56.4 Å². The van der Waals surface area contributed by atoms with Gasteiger partial charge in [-0.25, -0.2) is 9.97 Å². The largest absolute Gasteiger partial charge is 0.363 e. The molecule has 0 unspecified atom stereocenters. The van der Waals surface area contributed by atoms with Crippen molar-refractivity contribution in [1.82, 2.24) is 34.9 Å². The van der Waals surface area contributed by atoms with Gasteiger partial charge in [-0.15, -0.1) is 5.10 Å². The molecule has 5 rings (SSSR count). The Hall–Kier alpha value is -4.40. The Bertz CT molecular complexity index is 1500. The van der Waals surface area contributed by atoms with E-state index in [9.17, 15) is 0 Å². The quantitative estimate of drug-likeness (QED) is 0.381. The molecule has 0 radical (unpaired) electrons. The number of hydrogen-bond acceptors (Lipinski definition) is 8. The zero-order valence-corrected chi connectivity index (χ0v) is 20.4. The van der Waals surface area contributed by atoms with Gasteiger partial charge in [0.1, 0.15) is 17.3 Å². The van der Waals surface area contributed by atoms with E-state index in [1.165, 1.54) is 0 Å². The van der Waals surface area contributed by atoms with E-state index in [1.807, 2.05) is 79.5 Å². The van der Waals surface area contributed by atoms with Crippen LogP contribution in [0.25, 0.3) is 33.4 Å². The first-order valence-electron chi connectivity index (χ1n) is 11.4. The molecule has 1 N–H and O–H groups in total. The van der Waals surface area contributed by atoms with E-state index >= 15 is 0 Å². The second-order valence-electron chi connectivity index (χ2n) is 8.97. The summed E-state index contributed by atoms with van der Waals surface area (Å²) in [6.07, 6.45) is 7.46. The van der Waals surface area contributed by atoms with Crippen molar-refractivity contribution < 1.29 is 0 Å². The molecule has 0 saturated carbocycles. The van der Waals surface area contributed by atoms with E-state index < -0.39 is 0 Å². The van der Waals surface area contributed by atoms with Crippen molar-refractivity contribution in [1.29, 1.82) is 0 Å². The van der Waals surface area contributed by atoms with Crippen LogP contribution in [0.4, 0.5) is 17.5 Å². The van der Waals surface area contributed by atoms with Gasteiger partial charge < -0.3 is 10.2 Å². The summed E-state index contributed by atoms with van der Waals surface area (Å²) in [5.41, 5.74) is 6.48. The lowest BCUT2D eigenvalue weighted by Gasteiger charge is -2.12. The monoisotopic (exact) mass is 465 g/mol. The van der Waals surface area contributed by atoms with Crippen molar-refractivity contribution >= 4 is 28.5 Å². The Morgan fingerprint density at radius 1 is 0.914 bits per heavy atom. The second kappa shape index (κ2) is 9.09. The van der Waals surface area contributed by atoms with E-state index in [2.05, 4.69) is 39.3 Å². The number of aryl methyl sites for hydroxylation is 1. The van der Waals surface area contributed by atoms with Crippen LogP contribution in [-0.2, 0) is 7.05 Å². The molecule has 176 valence electrons. The summed E-state index contributed by atoms with van der Waals surface area (Å²) in [5, 5.41) is 16.3. The van der Waals surface area contributed by atoms with Crippen LogP contribution in [0.3, 0.4) is 0 Å². The SMILES string of the molecule is CC(C)c1cnnc(Nc2ccc3ncc(-c4cn(C)nc4-c4ccnc(N(C)C)c4)cc3n2)c1. The molecule has 0 bridgehead atoms. The maximum Gasteiger partial charge on any atom is 0.154 e. The summed E-state index contributed by atoms with van der Waals surface area (Å²) >= 11 is 0. The van der Waals surface area contributed by atoms with Crippen LogP contribution in [-0.4, -0.2) is 49.0 Å². The van der Waals surface area contributed by atoms with Crippen molar-refractivity contribution in [2.45, 2.75) is 19.8 Å². The number of pyridine rings is 3. The first kappa shape index (κ1) is 22.4. The molecule has 0 fully saturated rings. The number of aromatic nitrogens is 7. The molecule has 0 aromatic carbocycles. The molecule has 0 atom stereocenters. The average molecular weight is 466 g/mol. The van der Waals surface area contributed by atoms with Gasteiger partial charge in [-0.3, -0.25) is 9.67 Å². The third kappa shape index (κ3) is 4.65. The number of nitrogens with one attached hydrogen (secondary N) is 1. The lowest BCUT2D eigenvalue weighted by molar-refractivity contribution is 0.771. The fraction of sp³-hybridized carbons (Fsp3) is 0.231. The highest BCUT2D eigenvalue weighted by molar-refractivity contribution is 5.86. The molecule has 0 aliphatic rings. The summed E-state index contributed by atoms with van der Waals surface area (Å²) in [4.78, 5) is 15.9. The molecule has 5 heterocycles. The predicted octanol–water partition coefficient (Wildman–Crippen LogP) is 4.82. The van der Waals surface area contributed by atoms with Crippen molar-refractivity contribution in [3.63, 3.8) is 0 Å². The second-order valence-corrected chi connectivity index (χ2v) is 8.97. The first-order valence-corrected chi connectivity index (χ1v) is 11.4. The van der Waals surface area contributed by atoms with Crippen LogP contribution < -0.4 is 10.2 Å². The average Bonchev–Trinajstić information content (AvgIpc) is 3.25. The van der Waals surface area contributed by atoms with E-state index in [1.54, 1.807) is 12.4 Å². The maximum absolute atomic E-state index is 4.79. The van der Waals surface area contributed by atoms with Gasteiger partial charge in [0.25, 0.3) is 0 Å². The molecule has 5 aromatic rings. The number of fused-ring (bicyclic) bond motifs is 1. The molecule has 9 heteroatoms. The van der Waals surface area contributed by atoms with Crippen LogP contribution in [0, 0.1) is 0 Å². The van der Waals surface area contributed by atoms with E-state index in [4.69, 9.17) is 10.1 Å². The predicted molar refractivity (Wildman–Crippen MR) is 139 cm³/mol. The van der Waals surface area contributed by atoms with Crippen molar-refractivity contribution in [3.05, 3.63) is 66.7 Å². The van der Waals surface area contributed by atoms with Gasteiger partial charge in [0.05, 0.1) is 17.2 Å². The topological polar surface area (TPSA) is 97.5 Å². The van der Waals surface area contributed by atoms with Crippen LogP contribution in [0.5, 0.6) is 0 Å².